The van der Waals surface area contributed by atoms with E-state index in [1.807, 2.05) is 23.6 Å². The van der Waals surface area contributed by atoms with Gasteiger partial charge in [0, 0.05) is 24.4 Å². The van der Waals surface area contributed by atoms with Crippen molar-refractivity contribution in [2.24, 2.45) is 0 Å². The fraction of sp³-hybridized carbons (Fsp3) is 0.348. The number of ether oxygens (including phenoxy) is 1. The molecule has 0 saturated carbocycles. The lowest BCUT2D eigenvalue weighted by Crippen LogP contribution is -2.15. The molecular weight excluding hydrogens is 442 g/mol. The lowest BCUT2D eigenvalue weighted by molar-refractivity contribution is -0.384. The van der Waals surface area contributed by atoms with Gasteiger partial charge in [-0.15, -0.1) is 10.2 Å². The molecule has 2 aromatic carbocycles. The van der Waals surface area contributed by atoms with Crippen LogP contribution in [-0.2, 0) is 17.9 Å². The summed E-state index contributed by atoms with van der Waals surface area (Å²) in [5, 5.41) is 22.7. The molecule has 0 saturated heterocycles. The van der Waals surface area contributed by atoms with Crippen LogP contribution < -0.4 is 10.1 Å². The highest BCUT2D eigenvalue weighted by Crippen LogP contribution is 2.23. The van der Waals surface area contributed by atoms with Crippen molar-refractivity contribution in [3.8, 4) is 5.75 Å². The van der Waals surface area contributed by atoms with Gasteiger partial charge in [0.25, 0.3) is 5.69 Å². The summed E-state index contributed by atoms with van der Waals surface area (Å²) in [4.78, 5) is 22.8. The van der Waals surface area contributed by atoms with Crippen LogP contribution in [0.15, 0.2) is 47.6 Å². The second kappa shape index (κ2) is 11.0. The number of carbonyl (C=O) groups excluding carboxylic acids is 1. The standard InChI is InChI=1S/C23H27N5O4S/c1-5-27-21(13-32-19-9-6-17(7-10-19)15(2)3)25-26-23(27)33-14-22(29)24-20-11-8-18(28(30)31)12-16(20)4/h6-12,15H,5,13-14H2,1-4H3,(H,24,29). The highest BCUT2D eigenvalue weighted by molar-refractivity contribution is 7.99. The number of amides is 1. The Morgan fingerprint density at radius 2 is 1.94 bits per heavy atom. The lowest BCUT2D eigenvalue weighted by Gasteiger charge is -2.10. The number of nitrogens with zero attached hydrogens (tertiary/aromatic N) is 4. The normalized spacial score (nSPS) is 10.9. The first-order chi connectivity index (χ1) is 15.8. The summed E-state index contributed by atoms with van der Waals surface area (Å²) in [5.74, 6) is 1.80. The number of nitrogens with one attached hydrogen (secondary N) is 1. The van der Waals surface area contributed by atoms with Crippen LogP contribution in [0.5, 0.6) is 5.75 Å². The monoisotopic (exact) mass is 469 g/mol. The molecule has 9 nitrogen and oxygen atoms in total. The molecular formula is C23H27N5O4S. The van der Waals surface area contributed by atoms with Gasteiger partial charge in [-0.1, -0.05) is 37.7 Å². The Labute approximate surface area is 196 Å². The minimum Gasteiger partial charge on any atom is -0.486 e. The Morgan fingerprint density at radius 1 is 1.21 bits per heavy atom. The SMILES string of the molecule is CCn1c(COc2ccc(C(C)C)cc2)nnc1SCC(=O)Nc1ccc([N+](=O)[O-])cc1C. The Morgan fingerprint density at radius 3 is 2.55 bits per heavy atom. The molecule has 1 aromatic heterocycles. The third-order valence-electron chi connectivity index (χ3n) is 5.05. The number of thioether (sulfide) groups is 1. The maximum Gasteiger partial charge on any atom is 0.269 e. The van der Waals surface area contributed by atoms with Gasteiger partial charge in [-0.3, -0.25) is 14.9 Å². The molecule has 0 aliphatic heterocycles. The number of anilines is 1. The molecule has 10 heteroatoms. The Bertz CT molecular complexity index is 1130. The number of benzene rings is 2. The van der Waals surface area contributed by atoms with Crippen LogP contribution in [-0.4, -0.2) is 31.3 Å². The van der Waals surface area contributed by atoms with E-state index in [-0.39, 0.29) is 24.0 Å². The molecule has 174 valence electrons. The Kier molecular flexibility index (Phi) is 8.05. The molecule has 3 aromatic rings. The largest absolute Gasteiger partial charge is 0.486 e. The average Bonchev–Trinajstić information content (AvgIpc) is 3.19. The van der Waals surface area contributed by atoms with Gasteiger partial charge in [0.2, 0.25) is 5.91 Å². The molecule has 0 fully saturated rings. The summed E-state index contributed by atoms with van der Waals surface area (Å²) in [6.45, 7) is 8.90. The van der Waals surface area contributed by atoms with E-state index in [1.54, 1.807) is 6.92 Å². The molecule has 0 aliphatic carbocycles. The smallest absolute Gasteiger partial charge is 0.269 e. The Balaban J connectivity index is 1.57. The third-order valence-corrected chi connectivity index (χ3v) is 6.02. The lowest BCUT2D eigenvalue weighted by atomic mass is 10.0. The minimum absolute atomic E-state index is 0.0125. The minimum atomic E-state index is -0.464. The van der Waals surface area contributed by atoms with E-state index in [9.17, 15) is 14.9 Å². The van der Waals surface area contributed by atoms with Crippen molar-refractivity contribution in [3.63, 3.8) is 0 Å². The maximum atomic E-state index is 12.4. The van der Waals surface area contributed by atoms with E-state index in [1.165, 1.54) is 35.5 Å². The van der Waals surface area contributed by atoms with Crippen LogP contribution in [0.2, 0.25) is 0 Å². The van der Waals surface area contributed by atoms with Crippen LogP contribution in [0.3, 0.4) is 0 Å². The van der Waals surface area contributed by atoms with Crippen molar-refractivity contribution in [1.29, 1.82) is 0 Å². The van der Waals surface area contributed by atoms with Gasteiger partial charge in [0.15, 0.2) is 11.0 Å². The van der Waals surface area contributed by atoms with E-state index < -0.39 is 4.92 Å². The molecule has 33 heavy (non-hydrogen) atoms. The number of hydrogen-bond acceptors (Lipinski definition) is 7. The van der Waals surface area contributed by atoms with Crippen LogP contribution >= 0.6 is 11.8 Å². The number of hydrogen-bond donors (Lipinski definition) is 1. The van der Waals surface area contributed by atoms with Gasteiger partial charge in [-0.05, 0) is 49.1 Å². The number of carbonyl (C=O) groups is 1. The molecule has 0 bridgehead atoms. The summed E-state index contributed by atoms with van der Waals surface area (Å²) in [6, 6.07) is 12.3. The second-order valence-electron chi connectivity index (χ2n) is 7.75. The van der Waals surface area contributed by atoms with Crippen molar-refractivity contribution >= 4 is 29.0 Å². The molecule has 1 amide bonds. The first-order valence-electron chi connectivity index (χ1n) is 10.6. The molecule has 0 atom stereocenters. The van der Waals surface area contributed by atoms with Gasteiger partial charge in [0.05, 0.1) is 10.7 Å². The van der Waals surface area contributed by atoms with E-state index in [2.05, 4.69) is 41.5 Å². The van der Waals surface area contributed by atoms with Gasteiger partial charge in [-0.25, -0.2) is 0 Å². The first kappa shape index (κ1) is 24.2. The summed E-state index contributed by atoms with van der Waals surface area (Å²) in [6.07, 6.45) is 0. The number of aryl methyl sites for hydroxylation is 1. The summed E-state index contributed by atoms with van der Waals surface area (Å²) in [7, 11) is 0. The van der Waals surface area contributed by atoms with Gasteiger partial charge in [-0.2, -0.15) is 0 Å². The molecule has 1 heterocycles. The number of rotatable bonds is 10. The maximum absolute atomic E-state index is 12.4. The van der Waals surface area contributed by atoms with E-state index in [0.29, 0.717) is 34.7 Å². The zero-order valence-electron chi connectivity index (χ0n) is 19.1. The predicted molar refractivity (Wildman–Crippen MR) is 128 cm³/mol. The number of nitro benzene ring substituents is 1. The highest BCUT2D eigenvalue weighted by Gasteiger charge is 2.15. The van der Waals surface area contributed by atoms with Crippen molar-refractivity contribution in [1.82, 2.24) is 14.8 Å². The summed E-state index contributed by atoms with van der Waals surface area (Å²) >= 11 is 1.27. The number of non-ortho nitro benzene ring substituents is 1. The third kappa shape index (κ3) is 6.32. The van der Waals surface area contributed by atoms with Crippen LogP contribution in [0.4, 0.5) is 11.4 Å². The van der Waals surface area contributed by atoms with Crippen LogP contribution in [0, 0.1) is 17.0 Å². The van der Waals surface area contributed by atoms with Gasteiger partial charge in [0.1, 0.15) is 12.4 Å². The Hall–Kier alpha value is -3.40. The molecule has 1 N–H and O–H groups in total. The average molecular weight is 470 g/mol. The second-order valence-corrected chi connectivity index (χ2v) is 8.69. The zero-order chi connectivity index (χ0) is 24.0. The van der Waals surface area contributed by atoms with E-state index in [4.69, 9.17) is 4.74 Å². The summed E-state index contributed by atoms with van der Waals surface area (Å²) in [5.41, 5.74) is 2.40. The van der Waals surface area contributed by atoms with Gasteiger partial charge < -0.3 is 14.6 Å². The fourth-order valence-corrected chi connectivity index (χ4v) is 3.99. The predicted octanol–water partition coefficient (Wildman–Crippen LogP) is 4.95. The first-order valence-corrected chi connectivity index (χ1v) is 11.6. The molecule has 3 rings (SSSR count). The van der Waals surface area contributed by atoms with Gasteiger partial charge >= 0.3 is 0 Å². The summed E-state index contributed by atoms with van der Waals surface area (Å²) < 4.78 is 7.78. The zero-order valence-corrected chi connectivity index (χ0v) is 19.9. The fourth-order valence-electron chi connectivity index (χ4n) is 3.17. The molecule has 0 radical (unpaired) electrons. The molecule has 0 aliphatic rings. The highest BCUT2D eigenvalue weighted by atomic mass is 32.2. The number of nitro groups is 1. The molecule has 0 unspecified atom stereocenters. The van der Waals surface area contributed by atoms with E-state index >= 15 is 0 Å². The quantitative estimate of drug-likeness (QED) is 0.254. The van der Waals surface area contributed by atoms with Crippen molar-refractivity contribution in [3.05, 3.63) is 69.5 Å². The van der Waals surface area contributed by atoms with Crippen molar-refractivity contribution < 1.29 is 14.5 Å². The number of aromatic nitrogens is 3. The molecule has 0 spiro atoms. The van der Waals surface area contributed by atoms with E-state index in [0.717, 1.165) is 5.75 Å². The van der Waals surface area contributed by atoms with Crippen molar-refractivity contribution in [2.75, 3.05) is 11.1 Å². The van der Waals surface area contributed by atoms with Crippen LogP contribution in [0.25, 0.3) is 0 Å². The van der Waals surface area contributed by atoms with Crippen molar-refractivity contribution in [2.45, 2.75) is 51.9 Å². The topological polar surface area (TPSA) is 112 Å². The van der Waals surface area contributed by atoms with Crippen LogP contribution in [0.1, 0.15) is 43.6 Å².